The van der Waals surface area contributed by atoms with Crippen LogP contribution in [0.3, 0.4) is 0 Å². The summed E-state index contributed by atoms with van der Waals surface area (Å²) in [6.45, 7) is 1.09. The van der Waals surface area contributed by atoms with E-state index in [4.69, 9.17) is 23.4 Å². The standard InChI is InChI=1S/C24H25NO6/c1-27-19-6-5-16(12-21(19)28-2)18-7-8-20(31-18)24(26)25-10-9-15-11-22(29-3)23(30-4)13-17(15)14-25/h5-8,11-13H,9-10,14H2,1-4H3. The maximum absolute atomic E-state index is 13.1. The fourth-order valence-electron chi connectivity index (χ4n) is 3.81. The van der Waals surface area contributed by atoms with Crippen LogP contribution in [-0.2, 0) is 13.0 Å². The summed E-state index contributed by atoms with van der Waals surface area (Å²) in [6.07, 6.45) is 0.741. The molecule has 0 radical (unpaired) electrons. The van der Waals surface area contributed by atoms with Gasteiger partial charge in [0.25, 0.3) is 5.91 Å². The Hall–Kier alpha value is -3.61. The predicted octanol–water partition coefficient (Wildman–Crippen LogP) is 4.18. The molecule has 0 saturated carbocycles. The van der Waals surface area contributed by atoms with E-state index in [1.807, 2.05) is 24.3 Å². The normalized spacial score (nSPS) is 12.8. The Labute approximate surface area is 181 Å². The van der Waals surface area contributed by atoms with Gasteiger partial charge in [-0.2, -0.15) is 0 Å². The van der Waals surface area contributed by atoms with Crippen molar-refractivity contribution in [2.24, 2.45) is 0 Å². The lowest BCUT2D eigenvalue weighted by Crippen LogP contribution is -2.35. The first-order valence-electron chi connectivity index (χ1n) is 9.93. The third-order valence-electron chi connectivity index (χ3n) is 5.49. The number of rotatable bonds is 6. The summed E-state index contributed by atoms with van der Waals surface area (Å²) in [5, 5.41) is 0. The zero-order chi connectivity index (χ0) is 22.0. The van der Waals surface area contributed by atoms with E-state index in [-0.39, 0.29) is 5.91 Å². The van der Waals surface area contributed by atoms with Gasteiger partial charge in [0.1, 0.15) is 5.76 Å². The number of carbonyl (C=O) groups excluding carboxylic acids is 1. The molecule has 2 aromatic carbocycles. The second kappa shape index (κ2) is 8.63. The Morgan fingerprint density at radius 2 is 1.45 bits per heavy atom. The maximum Gasteiger partial charge on any atom is 0.289 e. The van der Waals surface area contributed by atoms with Crippen LogP contribution in [0.2, 0.25) is 0 Å². The summed E-state index contributed by atoms with van der Waals surface area (Å²) < 4.78 is 27.3. The third kappa shape index (κ3) is 3.91. The molecule has 3 aromatic rings. The van der Waals surface area contributed by atoms with Gasteiger partial charge in [0.15, 0.2) is 28.8 Å². The highest BCUT2D eigenvalue weighted by Gasteiger charge is 2.26. The van der Waals surface area contributed by atoms with Crippen LogP contribution in [0.4, 0.5) is 0 Å². The SMILES string of the molecule is COc1ccc(-c2ccc(C(=O)N3CCc4cc(OC)c(OC)cc4C3)o2)cc1OC. The van der Waals surface area contributed by atoms with E-state index in [0.717, 1.165) is 23.1 Å². The minimum Gasteiger partial charge on any atom is -0.493 e. The molecule has 0 atom stereocenters. The topological polar surface area (TPSA) is 70.4 Å². The van der Waals surface area contributed by atoms with Crippen LogP contribution >= 0.6 is 0 Å². The molecule has 7 nitrogen and oxygen atoms in total. The van der Waals surface area contributed by atoms with Crippen molar-refractivity contribution in [3.8, 4) is 34.3 Å². The van der Waals surface area contributed by atoms with Crippen LogP contribution in [0.25, 0.3) is 11.3 Å². The van der Waals surface area contributed by atoms with Gasteiger partial charge in [0.05, 0.1) is 28.4 Å². The van der Waals surface area contributed by atoms with Gasteiger partial charge in [0.2, 0.25) is 0 Å². The first-order valence-corrected chi connectivity index (χ1v) is 9.93. The van der Waals surface area contributed by atoms with Gasteiger partial charge in [-0.3, -0.25) is 4.79 Å². The molecule has 162 valence electrons. The smallest absolute Gasteiger partial charge is 0.289 e. The van der Waals surface area contributed by atoms with Gasteiger partial charge in [-0.15, -0.1) is 0 Å². The predicted molar refractivity (Wildman–Crippen MR) is 115 cm³/mol. The molecule has 1 aromatic heterocycles. The van der Waals surface area contributed by atoms with Gasteiger partial charge in [-0.05, 0) is 60.0 Å². The van der Waals surface area contributed by atoms with Crippen molar-refractivity contribution < 1.29 is 28.2 Å². The monoisotopic (exact) mass is 423 g/mol. The van der Waals surface area contributed by atoms with E-state index in [9.17, 15) is 4.79 Å². The molecule has 0 fully saturated rings. The molecule has 0 unspecified atom stereocenters. The largest absolute Gasteiger partial charge is 0.493 e. The molecule has 1 aliphatic heterocycles. The van der Waals surface area contributed by atoms with Crippen LogP contribution < -0.4 is 18.9 Å². The summed E-state index contributed by atoms with van der Waals surface area (Å²) in [7, 11) is 6.39. The Kier molecular flexibility index (Phi) is 5.75. The fraction of sp³-hybridized carbons (Fsp3) is 0.292. The number of fused-ring (bicyclic) bond motifs is 1. The molecule has 0 N–H and O–H groups in total. The van der Waals surface area contributed by atoms with Crippen LogP contribution in [-0.4, -0.2) is 45.8 Å². The number of ether oxygens (including phenoxy) is 4. The Bertz CT molecular complexity index is 1100. The van der Waals surface area contributed by atoms with Crippen LogP contribution in [0.1, 0.15) is 21.7 Å². The number of carbonyl (C=O) groups is 1. The van der Waals surface area contributed by atoms with E-state index in [1.54, 1.807) is 51.5 Å². The number of amides is 1. The van der Waals surface area contributed by atoms with Crippen molar-refractivity contribution in [3.63, 3.8) is 0 Å². The second-order valence-corrected chi connectivity index (χ2v) is 7.19. The number of furan rings is 1. The van der Waals surface area contributed by atoms with Gasteiger partial charge < -0.3 is 28.3 Å². The van der Waals surface area contributed by atoms with Gasteiger partial charge in [-0.1, -0.05) is 0 Å². The number of methoxy groups -OCH3 is 4. The molecule has 4 rings (SSSR count). The fourth-order valence-corrected chi connectivity index (χ4v) is 3.81. The van der Waals surface area contributed by atoms with Crippen molar-refractivity contribution in [2.45, 2.75) is 13.0 Å². The lowest BCUT2D eigenvalue weighted by molar-refractivity contribution is 0.0703. The average molecular weight is 423 g/mol. The molecule has 1 amide bonds. The molecular weight excluding hydrogens is 398 g/mol. The maximum atomic E-state index is 13.1. The van der Waals surface area contributed by atoms with Crippen molar-refractivity contribution >= 4 is 5.91 Å². The number of nitrogens with zero attached hydrogens (tertiary/aromatic N) is 1. The average Bonchev–Trinajstić information content (AvgIpc) is 3.32. The summed E-state index contributed by atoms with van der Waals surface area (Å²) in [6, 6.07) is 12.9. The lowest BCUT2D eigenvalue weighted by Gasteiger charge is -2.29. The van der Waals surface area contributed by atoms with E-state index in [0.29, 0.717) is 47.6 Å². The van der Waals surface area contributed by atoms with Crippen LogP contribution in [0.15, 0.2) is 46.9 Å². The van der Waals surface area contributed by atoms with Gasteiger partial charge in [-0.25, -0.2) is 0 Å². The van der Waals surface area contributed by atoms with Crippen molar-refractivity contribution in [1.29, 1.82) is 0 Å². The minimum absolute atomic E-state index is 0.146. The number of hydrogen-bond donors (Lipinski definition) is 0. The summed E-state index contributed by atoms with van der Waals surface area (Å²) in [4.78, 5) is 14.9. The van der Waals surface area contributed by atoms with E-state index in [1.165, 1.54) is 0 Å². The summed E-state index contributed by atoms with van der Waals surface area (Å²) >= 11 is 0. The molecule has 0 spiro atoms. The highest BCUT2D eigenvalue weighted by molar-refractivity contribution is 5.92. The molecular formula is C24H25NO6. The summed E-state index contributed by atoms with van der Waals surface area (Å²) in [5.74, 6) is 3.33. The number of benzene rings is 2. The van der Waals surface area contributed by atoms with Crippen LogP contribution in [0, 0.1) is 0 Å². The van der Waals surface area contributed by atoms with Crippen molar-refractivity contribution in [2.75, 3.05) is 35.0 Å². The molecule has 2 heterocycles. The van der Waals surface area contributed by atoms with Crippen molar-refractivity contribution in [3.05, 3.63) is 59.4 Å². The third-order valence-corrected chi connectivity index (χ3v) is 5.49. The Balaban J connectivity index is 1.55. The van der Waals surface area contributed by atoms with Crippen LogP contribution in [0.5, 0.6) is 23.0 Å². The quantitative estimate of drug-likeness (QED) is 0.592. The summed E-state index contributed by atoms with van der Waals surface area (Å²) in [5.41, 5.74) is 3.01. The Morgan fingerprint density at radius 3 is 2.13 bits per heavy atom. The zero-order valence-corrected chi connectivity index (χ0v) is 18.1. The highest BCUT2D eigenvalue weighted by Crippen LogP contribution is 2.35. The molecule has 0 bridgehead atoms. The Morgan fingerprint density at radius 1 is 0.806 bits per heavy atom. The van der Waals surface area contributed by atoms with Gasteiger partial charge in [0, 0.05) is 18.7 Å². The first kappa shape index (κ1) is 20.7. The zero-order valence-electron chi connectivity index (χ0n) is 18.1. The van der Waals surface area contributed by atoms with E-state index in [2.05, 4.69) is 0 Å². The molecule has 1 aliphatic rings. The molecule has 0 saturated heterocycles. The molecule has 31 heavy (non-hydrogen) atoms. The molecule has 0 aliphatic carbocycles. The first-order chi connectivity index (χ1) is 15.1. The highest BCUT2D eigenvalue weighted by atomic mass is 16.5. The van der Waals surface area contributed by atoms with E-state index >= 15 is 0 Å². The minimum atomic E-state index is -0.146. The lowest BCUT2D eigenvalue weighted by atomic mass is 9.98. The van der Waals surface area contributed by atoms with Gasteiger partial charge >= 0.3 is 0 Å². The number of hydrogen-bond acceptors (Lipinski definition) is 6. The molecule has 7 heteroatoms. The van der Waals surface area contributed by atoms with E-state index < -0.39 is 0 Å². The second-order valence-electron chi connectivity index (χ2n) is 7.19. The van der Waals surface area contributed by atoms with Crippen molar-refractivity contribution in [1.82, 2.24) is 4.90 Å².